The minimum Gasteiger partial charge on any atom is -0.465 e. The van der Waals surface area contributed by atoms with Crippen molar-refractivity contribution in [1.82, 2.24) is 5.32 Å². The summed E-state index contributed by atoms with van der Waals surface area (Å²) in [5, 5.41) is 21.8. The van der Waals surface area contributed by atoms with Crippen molar-refractivity contribution >= 4 is 17.7 Å². The molecule has 0 spiro atoms. The Kier molecular flexibility index (Phi) is 5.28. The minimum absolute atomic E-state index is 0.0206. The van der Waals surface area contributed by atoms with E-state index in [0.717, 1.165) is 6.07 Å². The summed E-state index contributed by atoms with van der Waals surface area (Å²) in [4.78, 5) is 10.7. The molecular formula is C14H16ClF2NO5. The largest absolute Gasteiger partial charge is 0.465 e. The van der Waals surface area contributed by atoms with Crippen molar-refractivity contribution < 1.29 is 33.3 Å². The predicted molar refractivity (Wildman–Crippen MR) is 76.7 cm³/mol. The first kappa shape index (κ1) is 17.7. The van der Waals surface area contributed by atoms with E-state index < -0.39 is 30.6 Å². The molecule has 1 aliphatic rings. The van der Waals surface area contributed by atoms with Crippen LogP contribution in [0.4, 0.5) is 13.6 Å². The van der Waals surface area contributed by atoms with Gasteiger partial charge in [-0.05, 0) is 31.5 Å². The maximum absolute atomic E-state index is 12.5. The first-order valence-electron chi connectivity index (χ1n) is 6.86. The second-order valence-electron chi connectivity index (χ2n) is 5.24. The third kappa shape index (κ3) is 4.21. The number of benzene rings is 1. The van der Waals surface area contributed by atoms with Gasteiger partial charge in [-0.15, -0.1) is 0 Å². The van der Waals surface area contributed by atoms with Crippen LogP contribution >= 0.6 is 11.6 Å². The lowest BCUT2D eigenvalue weighted by molar-refractivity contribution is -0.205. The molecule has 2 rings (SSSR count). The summed E-state index contributed by atoms with van der Waals surface area (Å²) < 4.78 is 35.0. The minimum atomic E-state index is -3.08. The highest BCUT2D eigenvalue weighted by atomic mass is 35.5. The van der Waals surface area contributed by atoms with Gasteiger partial charge >= 0.3 is 12.7 Å². The Balaban J connectivity index is 2.23. The zero-order valence-corrected chi connectivity index (χ0v) is 12.9. The molecule has 1 fully saturated rings. The standard InChI is InChI=1S/C14H16ClF2NO5/c1-7(18-13(19)20)10-4-5-14(21,23-10)9-3-2-8(15)6-11(9)22-12(16)17/h2-3,6-7,10,12,18,21H,4-5H2,1H3,(H,19,20)/t7-,10-,14?/m0/s1. The number of hydrogen-bond donors (Lipinski definition) is 3. The first-order chi connectivity index (χ1) is 10.7. The molecule has 1 aromatic carbocycles. The zero-order chi connectivity index (χ0) is 17.2. The molecule has 3 atom stereocenters. The Hall–Kier alpha value is -1.64. The van der Waals surface area contributed by atoms with Crippen LogP contribution in [0, 0.1) is 0 Å². The van der Waals surface area contributed by atoms with Gasteiger partial charge in [-0.3, -0.25) is 0 Å². The molecule has 128 valence electrons. The van der Waals surface area contributed by atoms with Gasteiger partial charge in [0.15, 0.2) is 5.79 Å². The van der Waals surface area contributed by atoms with Crippen LogP contribution in [0.3, 0.4) is 0 Å². The van der Waals surface area contributed by atoms with E-state index in [2.05, 4.69) is 10.1 Å². The van der Waals surface area contributed by atoms with Crippen molar-refractivity contribution in [2.75, 3.05) is 0 Å². The van der Waals surface area contributed by atoms with Crippen LogP contribution in [0.1, 0.15) is 25.3 Å². The summed E-state index contributed by atoms with van der Waals surface area (Å²) in [5.41, 5.74) is 0.0206. The van der Waals surface area contributed by atoms with Gasteiger partial charge in [0.2, 0.25) is 0 Å². The number of nitrogens with one attached hydrogen (secondary N) is 1. The highest BCUT2D eigenvalue weighted by Gasteiger charge is 2.44. The Morgan fingerprint density at radius 3 is 2.87 bits per heavy atom. The van der Waals surface area contributed by atoms with Gasteiger partial charge in [0.1, 0.15) is 5.75 Å². The van der Waals surface area contributed by atoms with Crippen molar-refractivity contribution in [1.29, 1.82) is 0 Å². The SMILES string of the molecule is C[C@H](NC(=O)O)[C@@H]1CCC(O)(c2ccc(Cl)cc2OC(F)F)O1. The van der Waals surface area contributed by atoms with Crippen LogP contribution in [0.25, 0.3) is 0 Å². The van der Waals surface area contributed by atoms with Crippen LogP contribution in [0.5, 0.6) is 5.75 Å². The van der Waals surface area contributed by atoms with Crippen LogP contribution in [-0.2, 0) is 10.5 Å². The van der Waals surface area contributed by atoms with E-state index in [9.17, 15) is 18.7 Å². The number of ether oxygens (including phenoxy) is 2. The van der Waals surface area contributed by atoms with E-state index in [1.807, 2.05) is 0 Å². The van der Waals surface area contributed by atoms with E-state index in [1.54, 1.807) is 6.92 Å². The lowest BCUT2D eigenvalue weighted by atomic mass is 10.0. The van der Waals surface area contributed by atoms with Gasteiger partial charge in [0.25, 0.3) is 0 Å². The summed E-state index contributed by atoms with van der Waals surface area (Å²) in [7, 11) is 0. The van der Waals surface area contributed by atoms with Gasteiger partial charge in [0.05, 0.1) is 17.7 Å². The molecule has 6 nitrogen and oxygen atoms in total. The molecule has 1 heterocycles. The van der Waals surface area contributed by atoms with E-state index in [4.69, 9.17) is 21.4 Å². The maximum Gasteiger partial charge on any atom is 0.404 e. The third-order valence-electron chi connectivity index (χ3n) is 3.60. The number of aliphatic hydroxyl groups is 1. The number of amides is 1. The Morgan fingerprint density at radius 1 is 1.57 bits per heavy atom. The van der Waals surface area contributed by atoms with Gasteiger partial charge < -0.3 is 25.0 Å². The summed E-state index contributed by atoms with van der Waals surface area (Å²) in [6.07, 6.45) is -1.38. The van der Waals surface area contributed by atoms with Gasteiger partial charge in [-0.25, -0.2) is 4.79 Å². The Labute approximate surface area is 136 Å². The van der Waals surface area contributed by atoms with Crippen molar-refractivity contribution in [2.24, 2.45) is 0 Å². The van der Waals surface area contributed by atoms with E-state index in [0.29, 0.717) is 6.42 Å². The third-order valence-corrected chi connectivity index (χ3v) is 3.84. The molecule has 3 N–H and O–H groups in total. The first-order valence-corrected chi connectivity index (χ1v) is 7.23. The highest BCUT2D eigenvalue weighted by molar-refractivity contribution is 6.30. The quantitative estimate of drug-likeness (QED) is 0.759. The molecule has 0 aliphatic carbocycles. The average molecular weight is 352 g/mol. The van der Waals surface area contributed by atoms with E-state index in [1.165, 1.54) is 12.1 Å². The highest BCUT2D eigenvalue weighted by Crippen LogP contribution is 2.43. The lowest BCUT2D eigenvalue weighted by Crippen LogP contribution is -2.41. The molecule has 1 amide bonds. The molecule has 1 aromatic rings. The van der Waals surface area contributed by atoms with Crippen LogP contribution in [-0.4, -0.2) is 35.1 Å². The summed E-state index contributed by atoms with van der Waals surface area (Å²) in [6, 6.07) is 3.35. The second-order valence-corrected chi connectivity index (χ2v) is 5.67. The summed E-state index contributed by atoms with van der Waals surface area (Å²) >= 11 is 5.77. The Bertz CT molecular complexity index is 588. The average Bonchev–Trinajstić information content (AvgIpc) is 2.81. The molecule has 23 heavy (non-hydrogen) atoms. The topological polar surface area (TPSA) is 88.0 Å². The number of alkyl halides is 2. The van der Waals surface area contributed by atoms with Crippen LogP contribution in [0.2, 0.25) is 5.02 Å². The number of halogens is 3. The fourth-order valence-corrected chi connectivity index (χ4v) is 2.72. The molecule has 0 bridgehead atoms. The molecular weight excluding hydrogens is 336 g/mol. The number of hydrogen-bond acceptors (Lipinski definition) is 4. The fourth-order valence-electron chi connectivity index (χ4n) is 2.56. The van der Waals surface area contributed by atoms with Crippen molar-refractivity contribution in [3.05, 3.63) is 28.8 Å². The van der Waals surface area contributed by atoms with E-state index >= 15 is 0 Å². The van der Waals surface area contributed by atoms with Crippen molar-refractivity contribution in [3.63, 3.8) is 0 Å². The maximum atomic E-state index is 12.5. The van der Waals surface area contributed by atoms with Gasteiger partial charge in [-0.1, -0.05) is 11.6 Å². The number of rotatable bonds is 5. The molecule has 9 heteroatoms. The van der Waals surface area contributed by atoms with E-state index in [-0.39, 0.29) is 22.8 Å². The molecule has 1 aliphatic heterocycles. The summed E-state index contributed by atoms with van der Waals surface area (Å²) in [6.45, 7) is -1.50. The van der Waals surface area contributed by atoms with Crippen LogP contribution < -0.4 is 10.1 Å². The van der Waals surface area contributed by atoms with Crippen LogP contribution in [0.15, 0.2) is 18.2 Å². The zero-order valence-electron chi connectivity index (χ0n) is 12.1. The lowest BCUT2D eigenvalue weighted by Gasteiger charge is -2.27. The number of carboxylic acid groups (broad SMARTS) is 1. The van der Waals surface area contributed by atoms with Gasteiger partial charge in [0, 0.05) is 11.4 Å². The normalized spacial score (nSPS) is 25.4. The fraction of sp³-hybridized carbons (Fsp3) is 0.500. The van der Waals surface area contributed by atoms with Crippen molar-refractivity contribution in [2.45, 2.75) is 44.3 Å². The molecule has 0 saturated carbocycles. The van der Waals surface area contributed by atoms with Gasteiger partial charge in [-0.2, -0.15) is 8.78 Å². The molecule has 1 saturated heterocycles. The second kappa shape index (κ2) is 6.86. The van der Waals surface area contributed by atoms with Crippen molar-refractivity contribution in [3.8, 4) is 5.75 Å². The monoisotopic (exact) mass is 351 g/mol. The number of carbonyl (C=O) groups is 1. The predicted octanol–water partition coefficient (Wildman–Crippen LogP) is 2.92. The molecule has 0 aromatic heterocycles. The molecule has 0 radical (unpaired) electrons. The Morgan fingerprint density at radius 2 is 2.26 bits per heavy atom. The molecule has 1 unspecified atom stereocenters. The smallest absolute Gasteiger partial charge is 0.404 e. The summed E-state index contributed by atoms with van der Waals surface area (Å²) in [5.74, 6) is -2.14.